The second-order valence-electron chi connectivity index (χ2n) is 5.50. The highest BCUT2D eigenvalue weighted by molar-refractivity contribution is 5.90. The molecule has 0 bridgehead atoms. The molecule has 0 unspecified atom stereocenters. The molecule has 0 spiro atoms. The molecule has 2 aromatic carbocycles. The molecular weight excluding hydrogens is 334 g/mol. The van der Waals surface area contributed by atoms with E-state index >= 15 is 0 Å². The van der Waals surface area contributed by atoms with Gasteiger partial charge in [0.2, 0.25) is 0 Å². The molecule has 136 valence electrons. The first-order valence-electron chi connectivity index (χ1n) is 8.12. The molecular formula is C20H21NO5. The first-order chi connectivity index (χ1) is 12.6. The van der Waals surface area contributed by atoms with Crippen molar-refractivity contribution in [3.8, 4) is 5.75 Å². The normalized spacial score (nSPS) is 10.9. The highest BCUT2D eigenvalue weighted by Gasteiger charge is 2.12. The third kappa shape index (κ3) is 6.32. The number of allylic oxidation sites excluding steroid dienone is 1. The number of ether oxygens (including phenoxy) is 2. The van der Waals surface area contributed by atoms with Gasteiger partial charge in [-0.1, -0.05) is 48.5 Å². The molecule has 0 saturated heterocycles. The molecule has 0 heterocycles. The van der Waals surface area contributed by atoms with E-state index in [9.17, 15) is 14.7 Å². The highest BCUT2D eigenvalue weighted by atomic mass is 16.5. The number of carbonyl (C=O) groups excluding carboxylic acids is 1. The molecule has 0 saturated carbocycles. The van der Waals surface area contributed by atoms with Crippen LogP contribution in [0.25, 0.3) is 0 Å². The number of carboxylic acid groups (broad SMARTS) is 1. The lowest BCUT2D eigenvalue weighted by atomic mass is 10.1. The SMILES string of the molecule is COc1ccc(CCC=C(NC(=O)OCc2ccccc2)C(=O)O)cc1. The van der Waals surface area contributed by atoms with Crippen LogP contribution < -0.4 is 10.1 Å². The van der Waals surface area contributed by atoms with Gasteiger partial charge in [0.05, 0.1) is 7.11 Å². The van der Waals surface area contributed by atoms with Crippen LogP contribution in [0.1, 0.15) is 17.5 Å². The van der Waals surface area contributed by atoms with Gasteiger partial charge in [-0.2, -0.15) is 0 Å². The van der Waals surface area contributed by atoms with E-state index in [0.717, 1.165) is 16.9 Å². The van der Waals surface area contributed by atoms with Crippen molar-refractivity contribution in [3.05, 3.63) is 77.5 Å². The molecule has 0 aromatic heterocycles. The number of nitrogens with one attached hydrogen (secondary N) is 1. The summed E-state index contributed by atoms with van der Waals surface area (Å²) in [4.78, 5) is 23.1. The topological polar surface area (TPSA) is 84.9 Å². The maximum atomic E-state index is 11.8. The summed E-state index contributed by atoms with van der Waals surface area (Å²) in [6.07, 6.45) is 1.78. The number of rotatable bonds is 8. The fourth-order valence-corrected chi connectivity index (χ4v) is 2.24. The van der Waals surface area contributed by atoms with Crippen LogP contribution in [0.2, 0.25) is 0 Å². The third-order valence-electron chi connectivity index (χ3n) is 3.62. The van der Waals surface area contributed by atoms with E-state index in [-0.39, 0.29) is 12.3 Å². The lowest BCUT2D eigenvalue weighted by molar-refractivity contribution is -0.133. The molecule has 0 fully saturated rings. The van der Waals surface area contributed by atoms with Gasteiger partial charge < -0.3 is 14.6 Å². The Morgan fingerprint density at radius 1 is 1.04 bits per heavy atom. The monoisotopic (exact) mass is 355 g/mol. The van der Waals surface area contributed by atoms with Crippen molar-refractivity contribution in [1.29, 1.82) is 0 Å². The second kappa shape index (κ2) is 9.88. The summed E-state index contributed by atoms with van der Waals surface area (Å²) in [5.41, 5.74) is 1.66. The fourth-order valence-electron chi connectivity index (χ4n) is 2.24. The lowest BCUT2D eigenvalue weighted by Crippen LogP contribution is -2.28. The van der Waals surface area contributed by atoms with Gasteiger partial charge in [-0.3, -0.25) is 5.32 Å². The van der Waals surface area contributed by atoms with Gasteiger partial charge in [-0.05, 0) is 36.1 Å². The predicted molar refractivity (Wildman–Crippen MR) is 96.8 cm³/mol. The van der Waals surface area contributed by atoms with Crippen molar-refractivity contribution in [3.63, 3.8) is 0 Å². The van der Waals surface area contributed by atoms with Gasteiger partial charge in [0, 0.05) is 0 Å². The van der Waals surface area contributed by atoms with Crippen molar-refractivity contribution < 1.29 is 24.2 Å². The predicted octanol–water partition coefficient (Wildman–Crippen LogP) is 3.52. The first kappa shape index (κ1) is 19.1. The average Bonchev–Trinajstić information content (AvgIpc) is 2.67. The van der Waals surface area contributed by atoms with E-state index in [4.69, 9.17) is 9.47 Å². The van der Waals surface area contributed by atoms with Crippen molar-refractivity contribution in [1.82, 2.24) is 5.32 Å². The molecule has 6 nitrogen and oxygen atoms in total. The molecule has 0 atom stereocenters. The van der Waals surface area contributed by atoms with Gasteiger partial charge >= 0.3 is 12.1 Å². The third-order valence-corrected chi connectivity index (χ3v) is 3.62. The van der Waals surface area contributed by atoms with E-state index in [2.05, 4.69) is 5.32 Å². The zero-order valence-electron chi connectivity index (χ0n) is 14.5. The summed E-state index contributed by atoms with van der Waals surface area (Å²) in [6, 6.07) is 16.7. The van der Waals surface area contributed by atoms with Gasteiger partial charge in [-0.15, -0.1) is 0 Å². The fraction of sp³-hybridized carbons (Fsp3) is 0.200. The van der Waals surface area contributed by atoms with Crippen LogP contribution in [0.3, 0.4) is 0 Å². The number of alkyl carbamates (subject to hydrolysis) is 1. The summed E-state index contributed by atoms with van der Waals surface area (Å²) in [6.45, 7) is 0.0748. The Balaban J connectivity index is 1.85. The maximum Gasteiger partial charge on any atom is 0.412 e. The number of benzene rings is 2. The summed E-state index contributed by atoms with van der Waals surface area (Å²) < 4.78 is 10.1. The Labute approximate surface area is 152 Å². The van der Waals surface area contributed by atoms with Crippen LogP contribution in [0.15, 0.2) is 66.4 Å². The largest absolute Gasteiger partial charge is 0.497 e. The minimum atomic E-state index is -1.21. The van der Waals surface area contributed by atoms with E-state index in [0.29, 0.717) is 12.8 Å². The Bertz CT molecular complexity index is 754. The number of hydrogen-bond acceptors (Lipinski definition) is 4. The number of aryl methyl sites for hydroxylation is 1. The number of carboxylic acids is 1. The molecule has 2 rings (SSSR count). The van der Waals surface area contributed by atoms with E-state index < -0.39 is 12.1 Å². The van der Waals surface area contributed by atoms with Crippen LogP contribution in [-0.4, -0.2) is 24.3 Å². The Hall–Kier alpha value is -3.28. The maximum absolute atomic E-state index is 11.8. The van der Waals surface area contributed by atoms with Crippen LogP contribution in [0.4, 0.5) is 4.79 Å². The number of aliphatic carboxylic acids is 1. The van der Waals surface area contributed by atoms with E-state index in [1.165, 1.54) is 6.08 Å². The second-order valence-corrected chi connectivity index (χ2v) is 5.50. The van der Waals surface area contributed by atoms with Gasteiger partial charge in [-0.25, -0.2) is 9.59 Å². The highest BCUT2D eigenvalue weighted by Crippen LogP contribution is 2.13. The Morgan fingerprint density at radius 3 is 2.35 bits per heavy atom. The molecule has 0 aliphatic rings. The quantitative estimate of drug-likeness (QED) is 0.708. The van der Waals surface area contributed by atoms with Crippen molar-refractivity contribution in [2.45, 2.75) is 19.4 Å². The summed E-state index contributed by atoms with van der Waals surface area (Å²) in [7, 11) is 1.60. The first-order valence-corrected chi connectivity index (χ1v) is 8.12. The molecule has 0 radical (unpaired) electrons. The molecule has 2 aromatic rings. The zero-order valence-corrected chi connectivity index (χ0v) is 14.5. The van der Waals surface area contributed by atoms with Gasteiger partial charge in [0.25, 0.3) is 0 Å². The minimum absolute atomic E-state index is 0.0748. The number of carbonyl (C=O) groups is 2. The smallest absolute Gasteiger partial charge is 0.412 e. The molecule has 1 amide bonds. The summed E-state index contributed by atoms with van der Waals surface area (Å²) >= 11 is 0. The molecule has 0 aliphatic heterocycles. The molecule has 6 heteroatoms. The van der Waals surface area contributed by atoms with Crippen molar-refractivity contribution >= 4 is 12.1 Å². The summed E-state index contributed by atoms with van der Waals surface area (Å²) in [5.74, 6) is -0.449. The minimum Gasteiger partial charge on any atom is -0.497 e. The van der Waals surface area contributed by atoms with Crippen molar-refractivity contribution in [2.24, 2.45) is 0 Å². The standard InChI is InChI=1S/C20H21NO5/c1-25-17-12-10-15(11-13-17)8-5-9-18(19(22)23)21-20(24)26-14-16-6-3-2-4-7-16/h2-4,6-7,9-13H,5,8,14H2,1H3,(H,21,24)(H,22,23). The van der Waals surface area contributed by atoms with Crippen LogP contribution in [0.5, 0.6) is 5.75 Å². The number of hydrogen-bond donors (Lipinski definition) is 2. The van der Waals surface area contributed by atoms with Crippen molar-refractivity contribution in [2.75, 3.05) is 7.11 Å². The molecule has 0 aliphatic carbocycles. The van der Waals surface area contributed by atoms with E-state index in [1.807, 2.05) is 54.6 Å². The summed E-state index contributed by atoms with van der Waals surface area (Å²) in [5, 5.41) is 11.5. The van der Waals surface area contributed by atoms with Gasteiger partial charge in [0.1, 0.15) is 18.1 Å². The molecule has 26 heavy (non-hydrogen) atoms. The Kier molecular flexibility index (Phi) is 7.24. The zero-order chi connectivity index (χ0) is 18.8. The lowest BCUT2D eigenvalue weighted by Gasteiger charge is -2.08. The van der Waals surface area contributed by atoms with Crippen LogP contribution >= 0.6 is 0 Å². The van der Waals surface area contributed by atoms with E-state index in [1.54, 1.807) is 7.11 Å². The number of methoxy groups -OCH3 is 1. The average molecular weight is 355 g/mol. The number of amides is 1. The Morgan fingerprint density at radius 2 is 1.73 bits per heavy atom. The molecule has 2 N–H and O–H groups in total. The van der Waals surface area contributed by atoms with Gasteiger partial charge in [0.15, 0.2) is 0 Å². The van der Waals surface area contributed by atoms with Crippen LogP contribution in [-0.2, 0) is 22.6 Å². The van der Waals surface area contributed by atoms with Crippen LogP contribution in [0, 0.1) is 0 Å².